The number of ether oxygens (including phenoxy) is 1. The number of furan rings is 1. The molecule has 1 aromatic carbocycles. The van der Waals surface area contributed by atoms with Gasteiger partial charge in [0.1, 0.15) is 23.2 Å². The average Bonchev–Trinajstić information content (AvgIpc) is 3.17. The molecule has 2 heterocycles. The van der Waals surface area contributed by atoms with Crippen molar-refractivity contribution in [3.8, 4) is 17.4 Å². The van der Waals surface area contributed by atoms with Gasteiger partial charge in [0.2, 0.25) is 0 Å². The Balaban J connectivity index is 1.82. The van der Waals surface area contributed by atoms with Gasteiger partial charge in [-0.25, -0.2) is 9.78 Å². The first-order chi connectivity index (χ1) is 14.4. The highest BCUT2D eigenvalue weighted by Crippen LogP contribution is 2.30. The number of aromatic carboxylic acids is 1. The molecule has 8 nitrogen and oxygen atoms in total. The fourth-order valence-corrected chi connectivity index (χ4v) is 3.00. The van der Waals surface area contributed by atoms with Crippen LogP contribution in [0.4, 0.5) is 5.82 Å². The van der Waals surface area contributed by atoms with Crippen LogP contribution in [-0.4, -0.2) is 29.4 Å². The number of nitriles is 1. The van der Waals surface area contributed by atoms with Gasteiger partial charge in [-0.2, -0.15) is 10.4 Å². The van der Waals surface area contributed by atoms with Crippen LogP contribution in [-0.2, 0) is 11.3 Å². The molecule has 2 aromatic heterocycles. The van der Waals surface area contributed by atoms with E-state index in [9.17, 15) is 10.1 Å². The Morgan fingerprint density at radius 3 is 2.90 bits per heavy atom. The largest absolute Gasteiger partial charge is 0.478 e. The summed E-state index contributed by atoms with van der Waals surface area (Å²) in [6.45, 7) is 2.09. The first-order valence-corrected chi connectivity index (χ1v) is 9.12. The lowest BCUT2D eigenvalue weighted by atomic mass is 10.1. The monoisotopic (exact) mass is 424 g/mol. The number of aromatic nitrogens is 1. The minimum absolute atomic E-state index is 0.101. The Hall–Kier alpha value is -3.67. The summed E-state index contributed by atoms with van der Waals surface area (Å²) < 4.78 is 10.8. The summed E-state index contributed by atoms with van der Waals surface area (Å²) in [4.78, 5) is 15.5. The molecule has 0 atom stereocenters. The Labute approximate surface area is 177 Å². The molecule has 2 N–H and O–H groups in total. The van der Waals surface area contributed by atoms with E-state index < -0.39 is 5.97 Å². The molecule has 0 amide bonds. The number of hydrogen-bond donors (Lipinski definition) is 2. The molecule has 30 heavy (non-hydrogen) atoms. The van der Waals surface area contributed by atoms with Crippen LogP contribution in [0.3, 0.4) is 0 Å². The second kappa shape index (κ2) is 9.22. The number of nitrogens with one attached hydrogen (secondary N) is 1. The molecule has 0 bridgehead atoms. The van der Waals surface area contributed by atoms with Crippen molar-refractivity contribution in [3.05, 3.63) is 69.6 Å². The molecule has 9 heteroatoms. The quantitative estimate of drug-likeness (QED) is 0.424. The van der Waals surface area contributed by atoms with Gasteiger partial charge < -0.3 is 14.3 Å². The third kappa shape index (κ3) is 4.66. The highest BCUT2D eigenvalue weighted by atomic mass is 35.5. The van der Waals surface area contributed by atoms with E-state index in [1.54, 1.807) is 25.3 Å². The smallest absolute Gasteiger partial charge is 0.335 e. The number of aryl methyl sites for hydroxylation is 1. The Kier molecular flexibility index (Phi) is 6.47. The molecule has 0 spiro atoms. The maximum absolute atomic E-state index is 11.2. The SMILES string of the molecule is COCc1cc(C)nc(N/N=C/c2ccc(-c3cc(C(=O)O)ccc3Cl)o2)c1C#N. The predicted molar refractivity (Wildman–Crippen MR) is 112 cm³/mol. The number of carbonyl (C=O) groups is 1. The van der Waals surface area contributed by atoms with Crippen molar-refractivity contribution in [1.29, 1.82) is 5.26 Å². The topological polar surface area (TPSA) is 121 Å². The van der Waals surface area contributed by atoms with Crippen LogP contribution in [0.2, 0.25) is 5.02 Å². The Morgan fingerprint density at radius 2 is 2.20 bits per heavy atom. The third-order valence-electron chi connectivity index (χ3n) is 4.11. The van der Waals surface area contributed by atoms with Gasteiger partial charge in [0, 0.05) is 23.9 Å². The zero-order valence-corrected chi connectivity index (χ0v) is 16.9. The van der Waals surface area contributed by atoms with Crippen LogP contribution < -0.4 is 5.43 Å². The number of nitrogens with zero attached hydrogens (tertiary/aromatic N) is 3. The fourth-order valence-electron chi connectivity index (χ4n) is 2.79. The maximum atomic E-state index is 11.2. The van der Waals surface area contributed by atoms with Crippen LogP contribution in [0.5, 0.6) is 0 Å². The molecule has 0 radical (unpaired) electrons. The Bertz CT molecular complexity index is 1160. The van der Waals surface area contributed by atoms with E-state index in [0.717, 1.165) is 0 Å². The summed E-state index contributed by atoms with van der Waals surface area (Å²) in [6, 6.07) is 11.6. The van der Waals surface area contributed by atoms with E-state index in [2.05, 4.69) is 21.6 Å². The van der Waals surface area contributed by atoms with Gasteiger partial charge in [0.15, 0.2) is 5.82 Å². The number of hydrogen-bond acceptors (Lipinski definition) is 7. The molecule has 0 unspecified atom stereocenters. The summed E-state index contributed by atoms with van der Waals surface area (Å²) in [6.07, 6.45) is 1.42. The first kappa shape index (κ1) is 21.0. The average molecular weight is 425 g/mol. The molecule has 0 saturated carbocycles. The molecule has 0 saturated heterocycles. The van der Waals surface area contributed by atoms with E-state index in [4.69, 9.17) is 25.9 Å². The summed E-state index contributed by atoms with van der Waals surface area (Å²) in [5, 5.41) is 23.0. The number of methoxy groups -OCH3 is 1. The molecule has 0 fully saturated rings. The predicted octanol–water partition coefficient (Wildman–Crippen LogP) is 4.47. The summed E-state index contributed by atoms with van der Waals surface area (Å²) in [7, 11) is 1.55. The second-order valence-corrected chi connectivity index (χ2v) is 6.67. The van der Waals surface area contributed by atoms with Gasteiger partial charge in [-0.15, -0.1) is 0 Å². The number of anilines is 1. The van der Waals surface area contributed by atoms with E-state index in [0.29, 0.717) is 44.7 Å². The van der Waals surface area contributed by atoms with Crippen molar-refractivity contribution in [2.24, 2.45) is 5.10 Å². The lowest BCUT2D eigenvalue weighted by Crippen LogP contribution is -2.03. The molecule has 3 rings (SSSR count). The lowest BCUT2D eigenvalue weighted by molar-refractivity contribution is 0.0697. The van der Waals surface area contributed by atoms with Crippen molar-refractivity contribution in [2.75, 3.05) is 12.5 Å². The minimum Gasteiger partial charge on any atom is -0.478 e. The third-order valence-corrected chi connectivity index (χ3v) is 4.44. The van der Waals surface area contributed by atoms with Crippen LogP contribution >= 0.6 is 11.6 Å². The van der Waals surface area contributed by atoms with Gasteiger partial charge >= 0.3 is 5.97 Å². The fraction of sp³-hybridized carbons (Fsp3) is 0.143. The van der Waals surface area contributed by atoms with Crippen LogP contribution in [0.25, 0.3) is 11.3 Å². The van der Waals surface area contributed by atoms with E-state index in [1.165, 1.54) is 24.4 Å². The molecule has 0 aliphatic rings. The van der Waals surface area contributed by atoms with Crippen molar-refractivity contribution in [1.82, 2.24) is 4.98 Å². The number of halogens is 1. The van der Waals surface area contributed by atoms with E-state index in [-0.39, 0.29) is 12.2 Å². The molecular formula is C21H17ClN4O4. The number of pyridine rings is 1. The molecule has 0 aliphatic carbocycles. The maximum Gasteiger partial charge on any atom is 0.335 e. The first-order valence-electron chi connectivity index (χ1n) is 8.74. The zero-order chi connectivity index (χ0) is 21.7. The normalized spacial score (nSPS) is 10.9. The second-order valence-electron chi connectivity index (χ2n) is 6.26. The zero-order valence-electron chi connectivity index (χ0n) is 16.1. The van der Waals surface area contributed by atoms with Crippen molar-refractivity contribution in [2.45, 2.75) is 13.5 Å². The standard InChI is InChI=1S/C21H17ClN4O4/c1-12-7-14(11-29-2)17(9-23)20(25-12)26-24-10-15-4-6-19(30-15)16-8-13(21(27)28)3-5-18(16)22/h3-8,10H,11H2,1-2H3,(H,25,26)(H,27,28)/b24-10+. The lowest BCUT2D eigenvalue weighted by Gasteiger charge is -2.08. The van der Waals surface area contributed by atoms with Gasteiger partial charge in [-0.1, -0.05) is 11.6 Å². The number of benzene rings is 1. The van der Waals surface area contributed by atoms with E-state index in [1.807, 2.05) is 6.92 Å². The molecule has 152 valence electrons. The highest BCUT2D eigenvalue weighted by Gasteiger charge is 2.13. The van der Waals surface area contributed by atoms with Gasteiger partial charge in [-0.3, -0.25) is 5.43 Å². The minimum atomic E-state index is -1.06. The number of rotatable bonds is 7. The molecule has 0 aliphatic heterocycles. The molecular weight excluding hydrogens is 408 g/mol. The summed E-state index contributed by atoms with van der Waals surface area (Å²) in [5.74, 6) is 0.0536. The summed E-state index contributed by atoms with van der Waals surface area (Å²) in [5.41, 5.74) is 5.08. The number of carboxylic acid groups (broad SMARTS) is 1. The van der Waals surface area contributed by atoms with Crippen molar-refractivity contribution >= 4 is 29.6 Å². The number of carboxylic acids is 1. The van der Waals surface area contributed by atoms with Gasteiger partial charge in [-0.05, 0) is 43.3 Å². The summed E-state index contributed by atoms with van der Waals surface area (Å²) >= 11 is 6.17. The van der Waals surface area contributed by atoms with Crippen LogP contribution in [0, 0.1) is 18.3 Å². The van der Waals surface area contributed by atoms with Gasteiger partial charge in [0.25, 0.3) is 0 Å². The van der Waals surface area contributed by atoms with Gasteiger partial charge in [0.05, 0.1) is 23.4 Å². The van der Waals surface area contributed by atoms with E-state index >= 15 is 0 Å². The van der Waals surface area contributed by atoms with Crippen molar-refractivity contribution in [3.63, 3.8) is 0 Å². The van der Waals surface area contributed by atoms with Crippen LogP contribution in [0.15, 0.2) is 45.9 Å². The number of hydrazone groups is 1. The highest BCUT2D eigenvalue weighted by molar-refractivity contribution is 6.33. The van der Waals surface area contributed by atoms with Crippen molar-refractivity contribution < 1.29 is 19.1 Å². The Morgan fingerprint density at radius 1 is 1.40 bits per heavy atom. The van der Waals surface area contributed by atoms with Crippen LogP contribution in [0.1, 0.15) is 32.9 Å². The molecule has 3 aromatic rings.